The van der Waals surface area contributed by atoms with E-state index in [-0.39, 0.29) is 5.13 Å². The first-order valence-corrected chi connectivity index (χ1v) is 7.15. The average Bonchev–Trinajstić information content (AvgIpc) is 2.80. The Kier molecular flexibility index (Phi) is 4.28. The number of aromatic nitrogens is 2. The van der Waals surface area contributed by atoms with Gasteiger partial charge in [-0.25, -0.2) is 0 Å². The number of nitrogens with one attached hydrogen (secondary N) is 1. The van der Waals surface area contributed by atoms with Crippen molar-refractivity contribution in [2.75, 3.05) is 5.32 Å². The monoisotopic (exact) mass is 413 g/mol. The van der Waals surface area contributed by atoms with Crippen LogP contribution in [-0.2, 0) is 6.18 Å². The molecule has 0 aliphatic heterocycles. The molecule has 0 saturated heterocycles. The van der Waals surface area contributed by atoms with E-state index in [0.717, 1.165) is 5.56 Å². The maximum Gasteiger partial charge on any atom is 0.445 e. The van der Waals surface area contributed by atoms with Gasteiger partial charge >= 0.3 is 6.18 Å². The van der Waals surface area contributed by atoms with Crippen molar-refractivity contribution >= 4 is 45.0 Å². The number of carbonyl (C=O) groups is 1. The van der Waals surface area contributed by atoms with Crippen LogP contribution in [0.1, 0.15) is 20.9 Å². The zero-order valence-corrected chi connectivity index (χ0v) is 12.9. The molecule has 1 heterocycles. The first-order chi connectivity index (χ1) is 9.27. The normalized spacial score (nSPS) is 11.4. The fraction of sp³-hybridized carbons (Fsp3) is 0.182. The molecule has 0 saturated carbocycles. The molecule has 0 unspecified atom stereocenters. The second-order valence-electron chi connectivity index (χ2n) is 3.85. The molecule has 1 aromatic carbocycles. The van der Waals surface area contributed by atoms with E-state index < -0.39 is 17.1 Å². The topological polar surface area (TPSA) is 54.9 Å². The molecule has 4 nitrogen and oxygen atoms in total. The van der Waals surface area contributed by atoms with E-state index in [1.807, 2.05) is 35.6 Å². The van der Waals surface area contributed by atoms with Gasteiger partial charge in [-0.2, -0.15) is 13.2 Å². The highest BCUT2D eigenvalue weighted by molar-refractivity contribution is 14.1. The summed E-state index contributed by atoms with van der Waals surface area (Å²) >= 11 is 2.27. The van der Waals surface area contributed by atoms with Crippen LogP contribution in [0.15, 0.2) is 18.2 Å². The van der Waals surface area contributed by atoms with Gasteiger partial charge in [-0.3, -0.25) is 10.1 Å². The molecular formula is C11H7F3IN3OS. The smallest absolute Gasteiger partial charge is 0.296 e. The predicted octanol–water partition coefficient (Wildman–Crippen LogP) is 3.72. The van der Waals surface area contributed by atoms with Gasteiger partial charge in [-0.15, -0.1) is 10.2 Å². The van der Waals surface area contributed by atoms with Crippen molar-refractivity contribution in [1.82, 2.24) is 10.2 Å². The number of hydrogen-bond acceptors (Lipinski definition) is 4. The van der Waals surface area contributed by atoms with E-state index in [2.05, 4.69) is 15.5 Å². The zero-order chi connectivity index (χ0) is 14.9. The van der Waals surface area contributed by atoms with E-state index in [1.165, 1.54) is 0 Å². The molecule has 0 radical (unpaired) electrons. The average molecular weight is 413 g/mol. The Morgan fingerprint density at radius 1 is 1.35 bits per heavy atom. The summed E-state index contributed by atoms with van der Waals surface area (Å²) in [7, 11) is 0. The molecule has 1 amide bonds. The van der Waals surface area contributed by atoms with Crippen molar-refractivity contribution in [1.29, 1.82) is 0 Å². The van der Waals surface area contributed by atoms with Crippen LogP contribution in [-0.4, -0.2) is 16.1 Å². The van der Waals surface area contributed by atoms with Gasteiger partial charge in [0.25, 0.3) is 5.91 Å². The van der Waals surface area contributed by atoms with Crippen LogP contribution in [0.2, 0.25) is 0 Å². The number of amides is 1. The van der Waals surface area contributed by atoms with Gasteiger partial charge in [0.15, 0.2) is 0 Å². The summed E-state index contributed by atoms with van der Waals surface area (Å²) in [5, 5.41) is 7.36. The van der Waals surface area contributed by atoms with Gasteiger partial charge < -0.3 is 0 Å². The van der Waals surface area contributed by atoms with Gasteiger partial charge in [0.05, 0.1) is 5.56 Å². The maximum atomic E-state index is 12.4. The summed E-state index contributed by atoms with van der Waals surface area (Å²) in [5.41, 5.74) is 1.26. The number of benzene rings is 1. The summed E-state index contributed by atoms with van der Waals surface area (Å²) in [4.78, 5) is 12.0. The molecule has 0 spiro atoms. The molecule has 1 aromatic heterocycles. The van der Waals surface area contributed by atoms with Gasteiger partial charge in [0, 0.05) is 3.57 Å². The Balaban J connectivity index is 2.20. The fourth-order valence-corrected chi connectivity index (χ4v) is 2.55. The van der Waals surface area contributed by atoms with Crippen molar-refractivity contribution in [3.8, 4) is 0 Å². The summed E-state index contributed by atoms with van der Waals surface area (Å²) in [6, 6.07) is 5.25. The van der Waals surface area contributed by atoms with Crippen LogP contribution in [0.25, 0.3) is 0 Å². The number of alkyl halides is 3. The Labute approximate surface area is 129 Å². The minimum Gasteiger partial charge on any atom is -0.296 e. The molecule has 0 fully saturated rings. The Hall–Kier alpha value is -1.23. The number of hydrogen-bond donors (Lipinski definition) is 1. The summed E-state index contributed by atoms with van der Waals surface area (Å²) in [6.45, 7) is 1.82. The van der Waals surface area contributed by atoms with Crippen LogP contribution in [0, 0.1) is 10.5 Å². The molecular weight excluding hydrogens is 406 g/mol. The lowest BCUT2D eigenvalue weighted by Gasteiger charge is -2.05. The van der Waals surface area contributed by atoms with Crippen molar-refractivity contribution < 1.29 is 18.0 Å². The zero-order valence-electron chi connectivity index (χ0n) is 9.95. The highest BCUT2D eigenvalue weighted by atomic mass is 127. The number of rotatable bonds is 2. The van der Waals surface area contributed by atoms with Crippen LogP contribution >= 0.6 is 33.9 Å². The number of anilines is 1. The molecule has 20 heavy (non-hydrogen) atoms. The third kappa shape index (κ3) is 3.45. The Morgan fingerprint density at radius 2 is 2.05 bits per heavy atom. The molecule has 1 N–H and O–H groups in total. The molecule has 2 aromatic rings. The molecule has 0 atom stereocenters. The minimum absolute atomic E-state index is 0.181. The second kappa shape index (κ2) is 5.64. The lowest BCUT2D eigenvalue weighted by atomic mass is 10.1. The molecule has 0 aliphatic carbocycles. The van der Waals surface area contributed by atoms with Crippen LogP contribution < -0.4 is 5.32 Å². The van der Waals surface area contributed by atoms with Crippen LogP contribution in [0.5, 0.6) is 0 Å². The number of carbonyl (C=O) groups excluding carboxylic acids is 1. The van der Waals surface area contributed by atoms with Crippen molar-refractivity contribution in [3.05, 3.63) is 37.9 Å². The molecule has 2 rings (SSSR count). The SMILES string of the molecule is Cc1ccc(I)c(C(=O)Nc2nnc(C(F)(F)F)s2)c1. The first-order valence-electron chi connectivity index (χ1n) is 5.25. The molecule has 9 heteroatoms. The highest BCUT2D eigenvalue weighted by Gasteiger charge is 2.35. The fourth-order valence-electron chi connectivity index (χ4n) is 1.37. The van der Waals surface area contributed by atoms with Crippen molar-refractivity contribution in [3.63, 3.8) is 0 Å². The maximum absolute atomic E-state index is 12.4. The molecule has 0 aliphatic rings. The Bertz CT molecular complexity index is 657. The largest absolute Gasteiger partial charge is 0.445 e. The lowest BCUT2D eigenvalue weighted by Crippen LogP contribution is -2.13. The van der Waals surface area contributed by atoms with Crippen LogP contribution in [0.3, 0.4) is 0 Å². The van der Waals surface area contributed by atoms with E-state index >= 15 is 0 Å². The van der Waals surface area contributed by atoms with E-state index in [9.17, 15) is 18.0 Å². The highest BCUT2D eigenvalue weighted by Crippen LogP contribution is 2.33. The second-order valence-corrected chi connectivity index (χ2v) is 5.99. The lowest BCUT2D eigenvalue weighted by molar-refractivity contribution is -0.138. The van der Waals surface area contributed by atoms with Crippen molar-refractivity contribution in [2.45, 2.75) is 13.1 Å². The Morgan fingerprint density at radius 3 is 2.65 bits per heavy atom. The predicted molar refractivity (Wildman–Crippen MR) is 76.8 cm³/mol. The minimum atomic E-state index is -4.56. The first kappa shape index (κ1) is 15.2. The standard InChI is InChI=1S/C11H7F3IN3OS/c1-5-2-3-7(15)6(4-5)8(19)16-10-18-17-9(20-10)11(12,13)14/h2-4H,1H3,(H,16,18,19). The summed E-state index contributed by atoms with van der Waals surface area (Å²) in [6.07, 6.45) is -4.56. The van der Waals surface area contributed by atoms with Gasteiger partial charge in [-0.1, -0.05) is 23.0 Å². The molecule has 0 bridgehead atoms. The van der Waals surface area contributed by atoms with Gasteiger partial charge in [0.2, 0.25) is 10.1 Å². The number of halogens is 4. The third-order valence-corrected chi connectivity index (χ3v) is 4.08. The van der Waals surface area contributed by atoms with E-state index in [4.69, 9.17) is 0 Å². The van der Waals surface area contributed by atoms with E-state index in [1.54, 1.807) is 12.1 Å². The number of aryl methyl sites for hydroxylation is 1. The van der Waals surface area contributed by atoms with Gasteiger partial charge in [-0.05, 0) is 41.6 Å². The summed E-state index contributed by atoms with van der Waals surface area (Å²) in [5.74, 6) is -0.511. The quantitative estimate of drug-likeness (QED) is 0.764. The van der Waals surface area contributed by atoms with Crippen molar-refractivity contribution in [2.24, 2.45) is 0 Å². The van der Waals surface area contributed by atoms with E-state index in [0.29, 0.717) is 20.5 Å². The van der Waals surface area contributed by atoms with Gasteiger partial charge in [0.1, 0.15) is 0 Å². The molecule has 106 valence electrons. The number of nitrogens with zero attached hydrogens (tertiary/aromatic N) is 2. The summed E-state index contributed by atoms with van der Waals surface area (Å²) < 4.78 is 37.8. The van der Waals surface area contributed by atoms with Crippen LogP contribution in [0.4, 0.5) is 18.3 Å². The third-order valence-electron chi connectivity index (χ3n) is 2.25.